The lowest BCUT2D eigenvalue weighted by molar-refractivity contribution is 0.0527. The van der Waals surface area contributed by atoms with Crippen LogP contribution in [0.4, 0.5) is 5.00 Å². The van der Waals surface area contributed by atoms with Crippen molar-refractivity contribution in [1.82, 2.24) is 5.32 Å². The molecule has 25 heavy (non-hydrogen) atoms. The molecule has 132 valence electrons. The number of thiophene rings is 1. The fourth-order valence-corrected chi connectivity index (χ4v) is 4.25. The molecule has 0 saturated heterocycles. The molecule has 0 unspecified atom stereocenters. The third-order valence-electron chi connectivity index (χ3n) is 4.37. The van der Waals surface area contributed by atoms with Crippen molar-refractivity contribution in [3.63, 3.8) is 0 Å². The number of anilines is 1. The second kappa shape index (κ2) is 7.37. The normalized spacial score (nSPS) is 12.8. The molecule has 0 fully saturated rings. The van der Waals surface area contributed by atoms with Gasteiger partial charge in [-0.05, 0) is 49.1 Å². The quantitative estimate of drug-likeness (QED) is 0.801. The van der Waals surface area contributed by atoms with Gasteiger partial charge in [-0.3, -0.25) is 4.79 Å². The number of aryl methyl sites for hydroxylation is 1. The minimum atomic E-state index is -0.378. The van der Waals surface area contributed by atoms with Crippen LogP contribution in [-0.4, -0.2) is 18.5 Å². The maximum atomic E-state index is 12.7. The topological polar surface area (TPSA) is 67.4 Å². The molecule has 1 amide bonds. The Morgan fingerprint density at radius 2 is 2.00 bits per heavy atom. The van der Waals surface area contributed by atoms with Gasteiger partial charge in [0.15, 0.2) is 0 Å². The van der Waals surface area contributed by atoms with Crippen molar-refractivity contribution in [3.8, 4) is 0 Å². The van der Waals surface area contributed by atoms with E-state index in [-0.39, 0.29) is 11.9 Å². The summed E-state index contributed by atoms with van der Waals surface area (Å²) < 4.78 is 5.18. The molecule has 0 spiro atoms. The zero-order valence-electron chi connectivity index (χ0n) is 14.7. The Bertz CT molecular complexity index is 826. The highest BCUT2D eigenvalue weighted by Crippen LogP contribution is 2.34. The summed E-state index contributed by atoms with van der Waals surface area (Å²) >= 11 is 1.42. The minimum Gasteiger partial charge on any atom is -0.462 e. The number of carbonyl (C=O) groups excluding carboxylic acids is 2. The van der Waals surface area contributed by atoms with Gasteiger partial charge in [0.25, 0.3) is 5.91 Å². The van der Waals surface area contributed by atoms with Crippen molar-refractivity contribution in [2.75, 3.05) is 11.9 Å². The van der Waals surface area contributed by atoms with Crippen LogP contribution in [0.15, 0.2) is 18.2 Å². The zero-order chi connectivity index (χ0) is 18.0. The monoisotopic (exact) mass is 358 g/mol. The van der Waals surface area contributed by atoms with Crippen LogP contribution >= 0.6 is 11.3 Å². The second-order valence-corrected chi connectivity index (χ2v) is 7.18. The molecule has 1 aliphatic heterocycles. The lowest BCUT2D eigenvalue weighted by Gasteiger charge is -2.09. The second-order valence-electron chi connectivity index (χ2n) is 5.96. The molecule has 3 rings (SSSR count). The molecule has 0 bridgehead atoms. The maximum Gasteiger partial charge on any atom is 0.341 e. The van der Waals surface area contributed by atoms with Crippen LogP contribution in [0.1, 0.15) is 56.1 Å². The number of hydrogen-bond acceptors (Lipinski definition) is 5. The van der Waals surface area contributed by atoms with E-state index in [1.54, 1.807) is 6.92 Å². The number of nitrogens with one attached hydrogen (secondary N) is 2. The van der Waals surface area contributed by atoms with Crippen molar-refractivity contribution >= 4 is 28.2 Å². The zero-order valence-corrected chi connectivity index (χ0v) is 15.5. The van der Waals surface area contributed by atoms with Crippen LogP contribution in [0.5, 0.6) is 0 Å². The Morgan fingerprint density at radius 1 is 1.24 bits per heavy atom. The molecule has 1 aromatic carbocycles. The summed E-state index contributed by atoms with van der Waals surface area (Å²) in [6.45, 7) is 7.67. The molecule has 1 aromatic heterocycles. The van der Waals surface area contributed by atoms with Gasteiger partial charge in [0.2, 0.25) is 0 Å². The van der Waals surface area contributed by atoms with Crippen molar-refractivity contribution < 1.29 is 14.3 Å². The summed E-state index contributed by atoms with van der Waals surface area (Å²) in [6, 6.07) is 5.72. The van der Waals surface area contributed by atoms with Crippen molar-refractivity contribution in [2.24, 2.45) is 0 Å². The summed E-state index contributed by atoms with van der Waals surface area (Å²) in [4.78, 5) is 26.1. The Balaban J connectivity index is 1.89. The molecule has 5 nitrogen and oxygen atoms in total. The van der Waals surface area contributed by atoms with E-state index in [2.05, 4.69) is 10.6 Å². The number of esters is 1. The predicted molar refractivity (Wildman–Crippen MR) is 99.3 cm³/mol. The first-order valence-corrected chi connectivity index (χ1v) is 9.30. The molecule has 1 aliphatic rings. The summed E-state index contributed by atoms with van der Waals surface area (Å²) in [6.07, 6.45) is 0.719. The van der Waals surface area contributed by atoms with Gasteiger partial charge >= 0.3 is 5.97 Å². The van der Waals surface area contributed by atoms with Crippen LogP contribution < -0.4 is 10.6 Å². The van der Waals surface area contributed by atoms with E-state index >= 15 is 0 Å². The van der Waals surface area contributed by atoms with Crippen LogP contribution in [0.3, 0.4) is 0 Å². The van der Waals surface area contributed by atoms with Crippen molar-refractivity contribution in [3.05, 3.63) is 50.9 Å². The van der Waals surface area contributed by atoms with Gasteiger partial charge in [0.1, 0.15) is 5.00 Å². The van der Waals surface area contributed by atoms with Crippen LogP contribution in [0.25, 0.3) is 0 Å². The molecule has 0 atom stereocenters. The first-order chi connectivity index (χ1) is 12.0. The molecule has 2 N–H and O–H groups in total. The number of ether oxygens (including phenoxy) is 1. The molecule has 6 heteroatoms. The summed E-state index contributed by atoms with van der Waals surface area (Å²) in [5, 5.41) is 6.75. The average Bonchev–Trinajstić information content (AvgIpc) is 3.17. The van der Waals surface area contributed by atoms with Gasteiger partial charge in [-0.1, -0.05) is 13.0 Å². The smallest absolute Gasteiger partial charge is 0.341 e. The van der Waals surface area contributed by atoms with E-state index in [1.807, 2.05) is 32.0 Å². The highest BCUT2D eigenvalue weighted by molar-refractivity contribution is 7.16. The van der Waals surface area contributed by atoms with Crippen molar-refractivity contribution in [2.45, 2.75) is 40.3 Å². The molecule has 0 radical (unpaired) electrons. The molecular formula is C19H22N2O3S. The highest BCUT2D eigenvalue weighted by atomic mass is 32.1. The Morgan fingerprint density at radius 3 is 2.72 bits per heavy atom. The maximum absolute atomic E-state index is 12.7. The van der Waals surface area contributed by atoms with Gasteiger partial charge < -0.3 is 15.4 Å². The predicted octanol–water partition coefficient (Wildman–Crippen LogP) is 3.65. The number of carbonyl (C=O) groups is 2. The fraction of sp³-hybridized carbons (Fsp3) is 0.368. The van der Waals surface area contributed by atoms with Gasteiger partial charge in [-0.2, -0.15) is 0 Å². The lowest BCUT2D eigenvalue weighted by atomic mass is 10.1. The van der Waals surface area contributed by atoms with E-state index < -0.39 is 0 Å². The first kappa shape index (κ1) is 17.6. The number of amides is 1. The lowest BCUT2D eigenvalue weighted by Crippen LogP contribution is -2.15. The SMILES string of the molecule is CCOC(=O)c1c(NC(=O)c2ccc3c(c2)CNC3)sc(C)c1CC. The van der Waals surface area contributed by atoms with E-state index in [0.717, 1.165) is 35.5 Å². The summed E-state index contributed by atoms with van der Waals surface area (Å²) in [7, 11) is 0. The standard InChI is InChI=1S/C19H22N2O3S/c1-4-15-11(3)25-18(16(15)19(23)24-5-2)21-17(22)12-6-7-13-9-20-10-14(13)8-12/h6-8,20H,4-5,9-10H2,1-3H3,(H,21,22). The number of benzene rings is 1. The summed E-state index contributed by atoms with van der Waals surface area (Å²) in [5.74, 6) is -0.582. The number of hydrogen-bond donors (Lipinski definition) is 2. The van der Waals surface area contributed by atoms with Gasteiger partial charge in [0, 0.05) is 23.5 Å². The van der Waals surface area contributed by atoms with E-state index in [1.165, 1.54) is 16.9 Å². The summed E-state index contributed by atoms with van der Waals surface area (Å²) in [5.41, 5.74) is 4.40. The van der Waals surface area contributed by atoms with Crippen LogP contribution in [0.2, 0.25) is 0 Å². The van der Waals surface area contributed by atoms with Gasteiger partial charge in [-0.15, -0.1) is 11.3 Å². The third-order valence-corrected chi connectivity index (χ3v) is 5.43. The fourth-order valence-electron chi connectivity index (χ4n) is 3.12. The highest BCUT2D eigenvalue weighted by Gasteiger charge is 2.24. The van der Waals surface area contributed by atoms with Gasteiger partial charge in [0.05, 0.1) is 12.2 Å². The minimum absolute atomic E-state index is 0.204. The van der Waals surface area contributed by atoms with Crippen LogP contribution in [-0.2, 0) is 24.2 Å². The van der Waals surface area contributed by atoms with Crippen LogP contribution in [0, 0.1) is 6.92 Å². The Hall–Kier alpha value is -2.18. The molecule has 0 saturated carbocycles. The molecule has 2 heterocycles. The average molecular weight is 358 g/mol. The third kappa shape index (κ3) is 3.45. The number of fused-ring (bicyclic) bond motifs is 1. The molecular weight excluding hydrogens is 336 g/mol. The molecule has 2 aromatic rings. The number of rotatable bonds is 5. The van der Waals surface area contributed by atoms with Gasteiger partial charge in [-0.25, -0.2) is 4.79 Å². The largest absolute Gasteiger partial charge is 0.462 e. The van der Waals surface area contributed by atoms with E-state index in [4.69, 9.17) is 4.74 Å². The Labute approximate surface area is 151 Å². The molecule has 0 aliphatic carbocycles. The van der Waals surface area contributed by atoms with E-state index in [9.17, 15) is 9.59 Å². The van der Waals surface area contributed by atoms with E-state index in [0.29, 0.717) is 22.7 Å². The van der Waals surface area contributed by atoms with Crippen molar-refractivity contribution in [1.29, 1.82) is 0 Å². The first-order valence-electron chi connectivity index (χ1n) is 8.48. The Kier molecular flexibility index (Phi) is 5.20.